The molecule has 0 saturated heterocycles. The Labute approximate surface area is 140 Å². The van der Waals surface area contributed by atoms with E-state index in [1.165, 1.54) is 4.88 Å². The number of amides is 2. The van der Waals surface area contributed by atoms with Gasteiger partial charge in [-0.05, 0) is 43.4 Å². The number of fused-ring (bicyclic) bond motifs is 1. The smallest absolute Gasteiger partial charge is 0.256 e. The highest BCUT2D eigenvalue weighted by Gasteiger charge is 2.27. The number of nitrogens with zero attached hydrogens (tertiary/aromatic N) is 1. The van der Waals surface area contributed by atoms with Gasteiger partial charge in [-0.15, -0.1) is 11.3 Å². The van der Waals surface area contributed by atoms with E-state index in [0.29, 0.717) is 16.1 Å². The largest absolute Gasteiger partial charge is 0.345 e. The van der Waals surface area contributed by atoms with Crippen LogP contribution < -0.4 is 5.32 Å². The fourth-order valence-corrected chi connectivity index (χ4v) is 4.15. The number of anilines is 1. The van der Waals surface area contributed by atoms with Gasteiger partial charge in [-0.25, -0.2) is 0 Å². The molecule has 2 amide bonds. The zero-order chi connectivity index (χ0) is 16.4. The van der Waals surface area contributed by atoms with Crippen molar-refractivity contribution < 1.29 is 9.59 Å². The van der Waals surface area contributed by atoms with Crippen LogP contribution in [0.25, 0.3) is 0 Å². The van der Waals surface area contributed by atoms with Gasteiger partial charge < -0.3 is 10.2 Å². The van der Waals surface area contributed by atoms with Gasteiger partial charge in [-0.2, -0.15) is 0 Å². The molecule has 0 atom stereocenters. The molecule has 0 fully saturated rings. The molecule has 5 heteroatoms. The van der Waals surface area contributed by atoms with Crippen LogP contribution in [0.2, 0.25) is 0 Å². The molecule has 1 aromatic carbocycles. The van der Waals surface area contributed by atoms with E-state index in [9.17, 15) is 9.59 Å². The van der Waals surface area contributed by atoms with Crippen LogP contribution in [0.4, 0.5) is 5.00 Å². The Morgan fingerprint density at radius 1 is 1.09 bits per heavy atom. The highest BCUT2D eigenvalue weighted by Crippen LogP contribution is 2.38. The zero-order valence-electron chi connectivity index (χ0n) is 13.4. The second kappa shape index (κ2) is 6.54. The molecule has 1 aliphatic rings. The summed E-state index contributed by atoms with van der Waals surface area (Å²) >= 11 is 1.55. The van der Waals surface area contributed by atoms with Crippen molar-refractivity contribution in [2.75, 3.05) is 19.4 Å². The normalized spacial score (nSPS) is 13.3. The number of aryl methyl sites for hydroxylation is 1. The van der Waals surface area contributed by atoms with Crippen molar-refractivity contribution in [3.8, 4) is 0 Å². The third-order valence-corrected chi connectivity index (χ3v) is 5.26. The zero-order valence-corrected chi connectivity index (χ0v) is 14.2. The van der Waals surface area contributed by atoms with E-state index in [2.05, 4.69) is 5.32 Å². The van der Waals surface area contributed by atoms with Crippen LogP contribution in [0.5, 0.6) is 0 Å². The lowest BCUT2D eigenvalue weighted by atomic mass is 9.95. The van der Waals surface area contributed by atoms with E-state index < -0.39 is 0 Å². The molecule has 120 valence electrons. The van der Waals surface area contributed by atoms with E-state index in [-0.39, 0.29) is 11.8 Å². The molecular weight excluding hydrogens is 308 g/mol. The highest BCUT2D eigenvalue weighted by atomic mass is 32.1. The molecule has 0 unspecified atom stereocenters. The first kappa shape index (κ1) is 15.7. The Morgan fingerprint density at radius 3 is 2.48 bits per heavy atom. The number of benzene rings is 1. The lowest BCUT2D eigenvalue weighted by molar-refractivity contribution is 0.0828. The van der Waals surface area contributed by atoms with Gasteiger partial charge >= 0.3 is 0 Å². The SMILES string of the molecule is CN(C)C(=O)c1c(NC(=O)c2ccccc2)sc2c1CCCC2. The monoisotopic (exact) mass is 328 g/mol. The lowest BCUT2D eigenvalue weighted by Gasteiger charge is -2.16. The van der Waals surface area contributed by atoms with Crippen molar-refractivity contribution >= 4 is 28.2 Å². The second-order valence-corrected chi connectivity index (χ2v) is 7.04. The van der Waals surface area contributed by atoms with Crippen molar-refractivity contribution in [1.82, 2.24) is 4.90 Å². The van der Waals surface area contributed by atoms with Crippen LogP contribution >= 0.6 is 11.3 Å². The molecule has 1 N–H and O–H groups in total. The Hall–Kier alpha value is -2.14. The molecule has 0 spiro atoms. The van der Waals surface area contributed by atoms with Crippen LogP contribution in [-0.2, 0) is 12.8 Å². The van der Waals surface area contributed by atoms with Crippen molar-refractivity contribution in [1.29, 1.82) is 0 Å². The fourth-order valence-electron chi connectivity index (χ4n) is 2.87. The number of rotatable bonds is 3. The molecule has 0 radical (unpaired) electrons. The molecule has 3 rings (SSSR count). The number of nitrogens with one attached hydrogen (secondary N) is 1. The van der Waals surface area contributed by atoms with Crippen LogP contribution in [-0.4, -0.2) is 30.8 Å². The molecule has 0 aliphatic heterocycles. The van der Waals surface area contributed by atoms with Gasteiger partial charge in [0, 0.05) is 24.5 Å². The van der Waals surface area contributed by atoms with Crippen LogP contribution in [0.1, 0.15) is 44.0 Å². The van der Waals surface area contributed by atoms with Crippen molar-refractivity contribution in [2.45, 2.75) is 25.7 Å². The fraction of sp³-hybridized carbons (Fsp3) is 0.333. The van der Waals surface area contributed by atoms with Gasteiger partial charge in [0.1, 0.15) is 5.00 Å². The maximum Gasteiger partial charge on any atom is 0.256 e. The Balaban J connectivity index is 1.97. The number of thiophene rings is 1. The summed E-state index contributed by atoms with van der Waals surface area (Å²) in [6.07, 6.45) is 4.16. The van der Waals surface area contributed by atoms with E-state index in [0.717, 1.165) is 31.2 Å². The third kappa shape index (κ3) is 3.15. The first-order valence-corrected chi connectivity index (χ1v) is 8.62. The molecule has 0 bridgehead atoms. The van der Waals surface area contributed by atoms with Crippen LogP contribution in [0.15, 0.2) is 30.3 Å². The summed E-state index contributed by atoms with van der Waals surface area (Å²) in [5.74, 6) is -0.204. The quantitative estimate of drug-likeness (QED) is 0.936. The lowest BCUT2D eigenvalue weighted by Crippen LogP contribution is -2.24. The minimum absolute atomic E-state index is 0.0345. The van der Waals surface area contributed by atoms with E-state index in [1.54, 1.807) is 42.5 Å². The van der Waals surface area contributed by atoms with E-state index in [4.69, 9.17) is 0 Å². The summed E-state index contributed by atoms with van der Waals surface area (Å²) in [6.45, 7) is 0. The summed E-state index contributed by atoms with van der Waals surface area (Å²) in [4.78, 5) is 27.9. The Morgan fingerprint density at radius 2 is 1.78 bits per heavy atom. The minimum Gasteiger partial charge on any atom is -0.345 e. The topological polar surface area (TPSA) is 49.4 Å². The maximum absolute atomic E-state index is 12.6. The van der Waals surface area contributed by atoms with Crippen LogP contribution in [0.3, 0.4) is 0 Å². The number of hydrogen-bond donors (Lipinski definition) is 1. The summed E-state index contributed by atoms with van der Waals surface area (Å²) in [6, 6.07) is 9.09. The number of carbonyl (C=O) groups is 2. The average molecular weight is 328 g/mol. The standard InChI is InChI=1S/C18H20N2O2S/c1-20(2)18(22)15-13-10-6-7-11-14(13)23-17(15)19-16(21)12-8-4-3-5-9-12/h3-5,8-9H,6-7,10-11H2,1-2H3,(H,19,21). The van der Waals surface area contributed by atoms with Gasteiger partial charge in [-0.3, -0.25) is 9.59 Å². The second-order valence-electron chi connectivity index (χ2n) is 5.93. The first-order valence-electron chi connectivity index (χ1n) is 7.80. The number of carbonyl (C=O) groups excluding carboxylic acids is 2. The van der Waals surface area contributed by atoms with Gasteiger partial charge in [-0.1, -0.05) is 18.2 Å². The van der Waals surface area contributed by atoms with E-state index >= 15 is 0 Å². The highest BCUT2D eigenvalue weighted by molar-refractivity contribution is 7.17. The molecule has 2 aromatic rings. The maximum atomic E-state index is 12.6. The summed E-state index contributed by atoms with van der Waals surface area (Å²) in [5.41, 5.74) is 2.41. The van der Waals surface area contributed by atoms with Crippen molar-refractivity contribution in [3.05, 3.63) is 51.9 Å². The van der Waals surface area contributed by atoms with Gasteiger partial charge in [0.05, 0.1) is 5.56 Å². The number of hydrogen-bond acceptors (Lipinski definition) is 3. The average Bonchev–Trinajstić information content (AvgIpc) is 2.92. The summed E-state index contributed by atoms with van der Waals surface area (Å²) in [7, 11) is 3.50. The van der Waals surface area contributed by atoms with Crippen LogP contribution in [0, 0.1) is 0 Å². The van der Waals surface area contributed by atoms with E-state index in [1.807, 2.05) is 18.2 Å². The summed E-state index contributed by atoms with van der Waals surface area (Å²) < 4.78 is 0. The Kier molecular flexibility index (Phi) is 4.48. The minimum atomic E-state index is -0.169. The molecular formula is C18H20N2O2S. The molecule has 1 heterocycles. The molecule has 1 aromatic heterocycles. The van der Waals surface area contributed by atoms with Gasteiger partial charge in [0.15, 0.2) is 0 Å². The molecule has 4 nitrogen and oxygen atoms in total. The van der Waals surface area contributed by atoms with Crippen molar-refractivity contribution in [3.63, 3.8) is 0 Å². The predicted octanol–water partition coefficient (Wildman–Crippen LogP) is 3.58. The first-order chi connectivity index (χ1) is 11.1. The Bertz CT molecular complexity index is 735. The molecule has 0 saturated carbocycles. The third-order valence-electron chi connectivity index (χ3n) is 4.05. The molecule has 1 aliphatic carbocycles. The predicted molar refractivity (Wildman–Crippen MR) is 93.4 cm³/mol. The molecule has 23 heavy (non-hydrogen) atoms. The van der Waals surface area contributed by atoms with Gasteiger partial charge in [0.2, 0.25) is 0 Å². The van der Waals surface area contributed by atoms with Gasteiger partial charge in [0.25, 0.3) is 11.8 Å². The summed E-state index contributed by atoms with van der Waals surface area (Å²) in [5, 5.41) is 3.64. The van der Waals surface area contributed by atoms with Crippen molar-refractivity contribution in [2.24, 2.45) is 0 Å².